The van der Waals surface area contributed by atoms with E-state index in [-0.39, 0.29) is 11.7 Å². The summed E-state index contributed by atoms with van der Waals surface area (Å²) in [5, 5.41) is 2.63. The molecule has 1 aromatic rings. The first kappa shape index (κ1) is 12.0. The van der Waals surface area contributed by atoms with E-state index < -0.39 is 17.5 Å². The maximum absolute atomic E-state index is 12.9. The van der Waals surface area contributed by atoms with Crippen molar-refractivity contribution < 1.29 is 18.3 Å². The van der Waals surface area contributed by atoms with Crippen LogP contribution in [0.5, 0.6) is 0 Å². The summed E-state index contributed by atoms with van der Waals surface area (Å²) in [5.41, 5.74) is 0.113. The zero-order chi connectivity index (χ0) is 12.3. The van der Waals surface area contributed by atoms with E-state index in [4.69, 9.17) is 4.74 Å². The Morgan fingerprint density at radius 1 is 1.41 bits per heavy atom. The number of carbonyl (C=O) groups is 1. The van der Waals surface area contributed by atoms with Gasteiger partial charge in [-0.15, -0.1) is 0 Å². The average molecular weight is 241 g/mol. The van der Waals surface area contributed by atoms with Gasteiger partial charge in [-0.05, 0) is 31.0 Å². The first-order chi connectivity index (χ1) is 8.16. The second-order valence-electron chi connectivity index (χ2n) is 3.97. The van der Waals surface area contributed by atoms with Crippen LogP contribution in [0.25, 0.3) is 0 Å². The van der Waals surface area contributed by atoms with Gasteiger partial charge in [-0.25, -0.2) is 8.78 Å². The van der Waals surface area contributed by atoms with Crippen molar-refractivity contribution in [2.45, 2.75) is 18.9 Å². The van der Waals surface area contributed by atoms with Crippen molar-refractivity contribution in [3.63, 3.8) is 0 Å². The third kappa shape index (κ3) is 3.00. The van der Waals surface area contributed by atoms with Crippen LogP contribution in [-0.2, 0) is 4.74 Å². The van der Waals surface area contributed by atoms with Crippen molar-refractivity contribution in [3.05, 3.63) is 35.4 Å². The van der Waals surface area contributed by atoms with Crippen LogP contribution in [0.2, 0.25) is 0 Å². The fourth-order valence-electron chi connectivity index (χ4n) is 1.75. The minimum atomic E-state index is -1.02. The van der Waals surface area contributed by atoms with Crippen LogP contribution >= 0.6 is 0 Å². The van der Waals surface area contributed by atoms with Gasteiger partial charge in [0.15, 0.2) is 11.6 Å². The van der Waals surface area contributed by atoms with Crippen molar-refractivity contribution in [1.29, 1.82) is 0 Å². The third-order valence-corrected chi connectivity index (χ3v) is 2.70. The highest BCUT2D eigenvalue weighted by atomic mass is 19.2. The van der Waals surface area contributed by atoms with Gasteiger partial charge in [-0.2, -0.15) is 0 Å². The monoisotopic (exact) mass is 241 g/mol. The molecule has 1 N–H and O–H groups in total. The third-order valence-electron chi connectivity index (χ3n) is 2.70. The zero-order valence-corrected chi connectivity index (χ0v) is 9.21. The predicted octanol–water partition coefficient (Wildman–Crippen LogP) is 1.87. The van der Waals surface area contributed by atoms with E-state index in [1.54, 1.807) is 0 Å². The Bertz CT molecular complexity index is 417. The molecule has 0 bridgehead atoms. The van der Waals surface area contributed by atoms with Crippen molar-refractivity contribution >= 4 is 5.91 Å². The summed E-state index contributed by atoms with van der Waals surface area (Å²) in [6.45, 7) is 1.11. The van der Waals surface area contributed by atoms with Crippen molar-refractivity contribution in [2.75, 3.05) is 13.2 Å². The number of rotatable bonds is 3. The quantitative estimate of drug-likeness (QED) is 0.877. The summed E-state index contributed by atoms with van der Waals surface area (Å²) < 4.78 is 30.9. The summed E-state index contributed by atoms with van der Waals surface area (Å²) in [5.74, 6) is -2.39. The topological polar surface area (TPSA) is 38.3 Å². The average Bonchev–Trinajstić information content (AvgIpc) is 2.82. The molecule has 0 radical (unpaired) electrons. The Morgan fingerprint density at radius 2 is 2.24 bits per heavy atom. The molecular formula is C12H13F2NO2. The summed E-state index contributed by atoms with van der Waals surface area (Å²) in [6.07, 6.45) is 1.94. The van der Waals surface area contributed by atoms with Gasteiger partial charge in [0.2, 0.25) is 0 Å². The fraction of sp³-hybridized carbons (Fsp3) is 0.417. The van der Waals surface area contributed by atoms with Gasteiger partial charge in [-0.3, -0.25) is 4.79 Å². The predicted molar refractivity (Wildman–Crippen MR) is 57.7 cm³/mol. The molecule has 1 aliphatic rings. The van der Waals surface area contributed by atoms with E-state index >= 15 is 0 Å². The molecule has 5 heteroatoms. The van der Waals surface area contributed by atoms with Gasteiger partial charge in [0, 0.05) is 18.7 Å². The van der Waals surface area contributed by atoms with E-state index in [0.717, 1.165) is 25.0 Å². The lowest BCUT2D eigenvalue weighted by molar-refractivity contribution is 0.0857. The van der Waals surface area contributed by atoms with Gasteiger partial charge in [0.1, 0.15) is 0 Å². The molecule has 17 heavy (non-hydrogen) atoms. The number of hydrogen-bond acceptors (Lipinski definition) is 2. The Balaban J connectivity index is 1.92. The van der Waals surface area contributed by atoms with Gasteiger partial charge in [-0.1, -0.05) is 0 Å². The molecule has 1 saturated heterocycles. The fourth-order valence-corrected chi connectivity index (χ4v) is 1.75. The molecule has 0 spiro atoms. The Morgan fingerprint density at radius 3 is 2.88 bits per heavy atom. The van der Waals surface area contributed by atoms with Crippen LogP contribution in [0.4, 0.5) is 8.78 Å². The Kier molecular flexibility index (Phi) is 3.68. The highest BCUT2D eigenvalue weighted by Crippen LogP contribution is 2.12. The second kappa shape index (κ2) is 5.23. The second-order valence-corrected chi connectivity index (χ2v) is 3.97. The van der Waals surface area contributed by atoms with Crippen molar-refractivity contribution in [3.8, 4) is 0 Å². The lowest BCUT2D eigenvalue weighted by Crippen LogP contribution is -2.31. The molecule has 3 nitrogen and oxygen atoms in total. The molecule has 1 aliphatic heterocycles. The maximum Gasteiger partial charge on any atom is 0.251 e. The van der Waals surface area contributed by atoms with Crippen LogP contribution in [0, 0.1) is 11.6 Å². The number of amides is 1. The SMILES string of the molecule is O=C(NC[C@H]1CCCO1)c1ccc(F)c(F)c1. The molecule has 0 saturated carbocycles. The van der Waals surface area contributed by atoms with Crippen molar-refractivity contribution in [1.82, 2.24) is 5.32 Å². The van der Waals surface area contributed by atoms with Crippen molar-refractivity contribution in [2.24, 2.45) is 0 Å². The molecular weight excluding hydrogens is 228 g/mol. The summed E-state index contributed by atoms with van der Waals surface area (Å²) >= 11 is 0. The van der Waals surface area contributed by atoms with E-state index in [0.29, 0.717) is 13.2 Å². The van der Waals surface area contributed by atoms with E-state index in [2.05, 4.69) is 5.32 Å². The van der Waals surface area contributed by atoms with Crippen LogP contribution in [0.15, 0.2) is 18.2 Å². The van der Waals surface area contributed by atoms with Crippen LogP contribution in [0.3, 0.4) is 0 Å². The summed E-state index contributed by atoms with van der Waals surface area (Å²) in [6, 6.07) is 3.08. The smallest absolute Gasteiger partial charge is 0.251 e. The number of ether oxygens (including phenoxy) is 1. The summed E-state index contributed by atoms with van der Waals surface area (Å²) in [7, 11) is 0. The van der Waals surface area contributed by atoms with Crippen LogP contribution in [0.1, 0.15) is 23.2 Å². The highest BCUT2D eigenvalue weighted by molar-refractivity contribution is 5.94. The Hall–Kier alpha value is -1.49. The van der Waals surface area contributed by atoms with Gasteiger partial charge < -0.3 is 10.1 Å². The molecule has 0 unspecified atom stereocenters. The van der Waals surface area contributed by atoms with E-state index in [1.165, 1.54) is 6.07 Å². The molecule has 1 atom stereocenters. The summed E-state index contributed by atoms with van der Waals surface area (Å²) in [4.78, 5) is 11.6. The number of halogens is 2. The van der Waals surface area contributed by atoms with Gasteiger partial charge in [0.25, 0.3) is 5.91 Å². The minimum Gasteiger partial charge on any atom is -0.376 e. The molecule has 92 valence electrons. The minimum absolute atomic E-state index is 0.0317. The number of carbonyl (C=O) groups excluding carboxylic acids is 1. The lowest BCUT2D eigenvalue weighted by atomic mass is 10.2. The molecule has 0 aromatic heterocycles. The van der Waals surface area contributed by atoms with Gasteiger partial charge in [0.05, 0.1) is 6.10 Å². The molecule has 1 fully saturated rings. The first-order valence-corrected chi connectivity index (χ1v) is 5.51. The normalized spacial score (nSPS) is 19.3. The number of hydrogen-bond donors (Lipinski definition) is 1. The molecule has 1 heterocycles. The van der Waals surface area contributed by atoms with E-state index in [9.17, 15) is 13.6 Å². The first-order valence-electron chi connectivity index (χ1n) is 5.51. The molecule has 1 aromatic carbocycles. The van der Waals surface area contributed by atoms with Gasteiger partial charge >= 0.3 is 0 Å². The molecule has 2 rings (SSSR count). The molecule has 1 amide bonds. The lowest BCUT2D eigenvalue weighted by Gasteiger charge is -2.10. The number of nitrogens with one attached hydrogen (secondary N) is 1. The number of benzene rings is 1. The standard InChI is InChI=1S/C12H13F2NO2/c13-10-4-3-8(6-11(10)14)12(16)15-7-9-2-1-5-17-9/h3-4,6,9H,1-2,5,7H2,(H,15,16)/t9-/m1/s1. The van der Waals surface area contributed by atoms with Crippen LogP contribution < -0.4 is 5.32 Å². The highest BCUT2D eigenvalue weighted by Gasteiger charge is 2.17. The maximum atomic E-state index is 12.9. The van der Waals surface area contributed by atoms with E-state index in [1.807, 2.05) is 0 Å². The zero-order valence-electron chi connectivity index (χ0n) is 9.21. The largest absolute Gasteiger partial charge is 0.376 e. The Labute approximate surface area is 97.8 Å². The van der Waals surface area contributed by atoms with Crippen LogP contribution in [-0.4, -0.2) is 25.2 Å². The molecule has 0 aliphatic carbocycles.